The van der Waals surface area contributed by atoms with Crippen LogP contribution >= 0.6 is 0 Å². The molecule has 0 rings (SSSR count). The Hall–Kier alpha value is -1.59. The second-order valence-electron chi connectivity index (χ2n) is 3.03. The monoisotopic (exact) mass is 204 g/mol. The lowest BCUT2D eigenvalue weighted by Crippen LogP contribution is -2.33. The number of hydrogen-bond acceptors (Lipinski definition) is 6. The summed E-state index contributed by atoms with van der Waals surface area (Å²) in [7, 11) is 0. The third-order valence-electron chi connectivity index (χ3n) is 1.50. The van der Waals surface area contributed by atoms with Gasteiger partial charge in [0.1, 0.15) is 19.8 Å². The van der Waals surface area contributed by atoms with Crippen LogP contribution in [-0.4, -0.2) is 39.2 Å². The summed E-state index contributed by atoms with van der Waals surface area (Å²) in [6.45, 7) is 2.53. The molecule has 0 unspecified atom stereocenters. The van der Waals surface area contributed by atoms with Crippen molar-refractivity contribution in [3.05, 3.63) is 0 Å². The molecule has 6 heteroatoms. The number of ether oxygens (including phenoxy) is 3. The van der Waals surface area contributed by atoms with Crippen LogP contribution in [0.3, 0.4) is 0 Å². The van der Waals surface area contributed by atoms with Crippen molar-refractivity contribution in [2.24, 2.45) is 5.41 Å². The Balaban J connectivity index is 4.07. The molecule has 0 saturated heterocycles. The highest BCUT2D eigenvalue weighted by atomic mass is 16.5. The first-order valence-electron chi connectivity index (χ1n) is 3.84. The molecule has 0 spiro atoms. The molecule has 0 radical (unpaired) electrons. The van der Waals surface area contributed by atoms with Crippen LogP contribution in [0.4, 0.5) is 0 Å². The van der Waals surface area contributed by atoms with Gasteiger partial charge in [-0.05, 0) is 6.92 Å². The lowest BCUT2D eigenvalue weighted by Gasteiger charge is -2.25. The summed E-state index contributed by atoms with van der Waals surface area (Å²) in [5.74, 6) is 0. The number of hydrogen-bond donors (Lipinski definition) is 0. The highest BCUT2D eigenvalue weighted by molar-refractivity contribution is 5.38. The Bertz CT molecular complexity index is 159. The molecule has 0 bridgehead atoms. The van der Waals surface area contributed by atoms with E-state index in [1.54, 1.807) is 6.92 Å². The van der Waals surface area contributed by atoms with Gasteiger partial charge < -0.3 is 14.2 Å². The van der Waals surface area contributed by atoms with Crippen molar-refractivity contribution in [1.29, 1.82) is 0 Å². The first-order valence-corrected chi connectivity index (χ1v) is 3.84. The van der Waals surface area contributed by atoms with E-state index < -0.39 is 5.41 Å². The van der Waals surface area contributed by atoms with Gasteiger partial charge in [-0.1, -0.05) is 0 Å². The van der Waals surface area contributed by atoms with E-state index in [0.29, 0.717) is 0 Å². The van der Waals surface area contributed by atoms with Crippen molar-refractivity contribution < 1.29 is 28.6 Å². The SMILES string of the molecule is CC(COC=O)(COC=O)COC=O. The van der Waals surface area contributed by atoms with E-state index in [1.165, 1.54) is 0 Å². The van der Waals surface area contributed by atoms with Crippen LogP contribution in [-0.2, 0) is 28.6 Å². The molecule has 6 nitrogen and oxygen atoms in total. The molecular weight excluding hydrogens is 192 g/mol. The van der Waals surface area contributed by atoms with Crippen molar-refractivity contribution in [2.45, 2.75) is 6.92 Å². The van der Waals surface area contributed by atoms with Crippen LogP contribution in [0.5, 0.6) is 0 Å². The van der Waals surface area contributed by atoms with E-state index in [0.717, 1.165) is 0 Å². The van der Waals surface area contributed by atoms with Gasteiger partial charge in [-0.25, -0.2) is 0 Å². The molecular formula is C8H12O6. The van der Waals surface area contributed by atoms with Gasteiger partial charge in [-0.2, -0.15) is 0 Å². The summed E-state index contributed by atoms with van der Waals surface area (Å²) in [6, 6.07) is 0. The minimum absolute atomic E-state index is 0.0121. The fourth-order valence-corrected chi connectivity index (χ4v) is 0.831. The van der Waals surface area contributed by atoms with E-state index >= 15 is 0 Å². The Labute approximate surface area is 81.1 Å². The number of carbonyl (C=O) groups excluding carboxylic acids is 3. The normalized spacial score (nSPS) is 10.1. The summed E-state index contributed by atoms with van der Waals surface area (Å²) in [5, 5.41) is 0. The number of carbonyl (C=O) groups is 3. The molecule has 0 saturated carbocycles. The zero-order valence-corrected chi connectivity index (χ0v) is 7.80. The Morgan fingerprint density at radius 2 is 1.14 bits per heavy atom. The molecule has 0 fully saturated rings. The van der Waals surface area contributed by atoms with Gasteiger partial charge in [-0.15, -0.1) is 0 Å². The quantitative estimate of drug-likeness (QED) is 0.372. The van der Waals surface area contributed by atoms with E-state index in [1.807, 2.05) is 0 Å². The minimum Gasteiger partial charge on any atom is -0.467 e. The predicted molar refractivity (Wildman–Crippen MR) is 44.2 cm³/mol. The predicted octanol–water partition coefficient (Wildman–Crippen LogP) is -0.488. The summed E-state index contributed by atoms with van der Waals surface area (Å²) in [6.07, 6.45) is 0. The molecule has 0 aromatic heterocycles. The largest absolute Gasteiger partial charge is 0.467 e. The fraction of sp³-hybridized carbons (Fsp3) is 0.625. The summed E-state index contributed by atoms with van der Waals surface area (Å²) < 4.78 is 13.6. The van der Waals surface area contributed by atoms with Gasteiger partial charge in [0.15, 0.2) is 0 Å². The average Bonchev–Trinajstić information content (AvgIpc) is 2.21. The fourth-order valence-electron chi connectivity index (χ4n) is 0.831. The standard InChI is InChI=1S/C8H12O6/c1-8(2-12-5-9,3-13-6-10)4-14-7-11/h5-7H,2-4H2,1H3. The maximum absolute atomic E-state index is 9.96. The molecule has 0 aliphatic carbocycles. The summed E-state index contributed by atoms with van der Waals surface area (Å²) in [5.41, 5.74) is -0.706. The Morgan fingerprint density at radius 1 is 0.857 bits per heavy atom. The van der Waals surface area contributed by atoms with Gasteiger partial charge in [-0.3, -0.25) is 14.4 Å². The highest BCUT2D eigenvalue weighted by Crippen LogP contribution is 2.17. The van der Waals surface area contributed by atoms with Crippen molar-refractivity contribution in [3.63, 3.8) is 0 Å². The maximum Gasteiger partial charge on any atom is 0.293 e. The molecule has 14 heavy (non-hydrogen) atoms. The topological polar surface area (TPSA) is 78.9 Å². The van der Waals surface area contributed by atoms with Crippen LogP contribution in [0.1, 0.15) is 6.92 Å². The van der Waals surface area contributed by atoms with Crippen LogP contribution in [0, 0.1) is 5.41 Å². The van der Waals surface area contributed by atoms with Crippen molar-refractivity contribution in [1.82, 2.24) is 0 Å². The van der Waals surface area contributed by atoms with E-state index in [-0.39, 0.29) is 39.2 Å². The third-order valence-corrected chi connectivity index (χ3v) is 1.50. The van der Waals surface area contributed by atoms with Gasteiger partial charge in [0.25, 0.3) is 19.4 Å². The molecule has 0 atom stereocenters. The van der Waals surface area contributed by atoms with Crippen molar-refractivity contribution in [2.75, 3.05) is 19.8 Å². The maximum atomic E-state index is 9.96. The second-order valence-corrected chi connectivity index (χ2v) is 3.03. The second kappa shape index (κ2) is 6.88. The lowest BCUT2D eigenvalue weighted by molar-refractivity contribution is -0.144. The van der Waals surface area contributed by atoms with Gasteiger partial charge >= 0.3 is 0 Å². The molecule has 0 aliphatic heterocycles. The minimum atomic E-state index is -0.706. The first kappa shape index (κ1) is 12.4. The molecule has 80 valence electrons. The smallest absolute Gasteiger partial charge is 0.293 e. The van der Waals surface area contributed by atoms with Gasteiger partial charge in [0.05, 0.1) is 5.41 Å². The van der Waals surface area contributed by atoms with Crippen LogP contribution in [0.2, 0.25) is 0 Å². The van der Waals surface area contributed by atoms with E-state index in [4.69, 9.17) is 0 Å². The number of rotatable bonds is 9. The Morgan fingerprint density at radius 3 is 1.36 bits per heavy atom. The molecule has 0 heterocycles. The lowest BCUT2D eigenvalue weighted by atomic mass is 9.94. The molecule has 0 aromatic carbocycles. The molecule has 0 aliphatic rings. The molecule has 0 N–H and O–H groups in total. The molecule has 0 aromatic rings. The van der Waals surface area contributed by atoms with Crippen LogP contribution < -0.4 is 0 Å². The third kappa shape index (κ3) is 5.13. The summed E-state index contributed by atoms with van der Waals surface area (Å²) in [4.78, 5) is 29.9. The highest BCUT2D eigenvalue weighted by Gasteiger charge is 2.27. The zero-order chi connectivity index (χ0) is 10.9. The van der Waals surface area contributed by atoms with Gasteiger partial charge in [0.2, 0.25) is 0 Å². The average molecular weight is 204 g/mol. The van der Waals surface area contributed by atoms with E-state index in [2.05, 4.69) is 14.2 Å². The summed E-state index contributed by atoms with van der Waals surface area (Å²) >= 11 is 0. The molecule has 0 amide bonds. The van der Waals surface area contributed by atoms with Gasteiger partial charge in [0, 0.05) is 0 Å². The van der Waals surface area contributed by atoms with E-state index in [9.17, 15) is 14.4 Å². The zero-order valence-electron chi connectivity index (χ0n) is 7.80. The van der Waals surface area contributed by atoms with Crippen LogP contribution in [0.25, 0.3) is 0 Å². The van der Waals surface area contributed by atoms with Crippen molar-refractivity contribution in [3.8, 4) is 0 Å². The first-order chi connectivity index (χ1) is 6.68. The van der Waals surface area contributed by atoms with Crippen LogP contribution in [0.15, 0.2) is 0 Å². The Kier molecular flexibility index (Phi) is 6.09. The van der Waals surface area contributed by atoms with Crippen molar-refractivity contribution >= 4 is 19.4 Å².